The van der Waals surface area contributed by atoms with Gasteiger partial charge in [0.2, 0.25) is 0 Å². The van der Waals surface area contributed by atoms with Gasteiger partial charge in [-0.15, -0.1) is 0 Å². The summed E-state index contributed by atoms with van der Waals surface area (Å²) in [6, 6.07) is 0.342. The molecule has 0 spiro atoms. The molecule has 0 saturated carbocycles. The van der Waals surface area contributed by atoms with Gasteiger partial charge < -0.3 is 5.32 Å². The van der Waals surface area contributed by atoms with E-state index in [0.717, 1.165) is 0 Å². The summed E-state index contributed by atoms with van der Waals surface area (Å²) in [6.45, 7) is 0. The van der Waals surface area contributed by atoms with Gasteiger partial charge in [0, 0.05) is 12.1 Å². The molecule has 15 heavy (non-hydrogen) atoms. The number of nitrogens with one attached hydrogen (secondary N) is 1. The zero-order chi connectivity index (χ0) is 10.1. The Bertz CT molecular complexity index is 444. The maximum Gasteiger partial charge on any atom is 0.0693 e. The Labute approximate surface area is 89.9 Å². The molecule has 3 aliphatic rings. The average molecular weight is 195 g/mol. The van der Waals surface area contributed by atoms with E-state index in [2.05, 4.69) is 66.2 Å². The molecule has 1 heteroatoms. The maximum absolute atomic E-state index is 3.43. The van der Waals surface area contributed by atoms with Crippen molar-refractivity contribution < 1.29 is 0 Å². The second kappa shape index (κ2) is 3.43. The molecule has 0 bridgehead atoms. The summed E-state index contributed by atoms with van der Waals surface area (Å²) in [5, 5.41) is 3.43. The van der Waals surface area contributed by atoms with Crippen molar-refractivity contribution in [3.8, 4) is 0 Å². The van der Waals surface area contributed by atoms with Crippen LogP contribution in [0.15, 0.2) is 72.0 Å². The van der Waals surface area contributed by atoms with E-state index in [-0.39, 0.29) is 0 Å². The Kier molecular flexibility index (Phi) is 1.95. The molecular formula is C14H13N. The van der Waals surface area contributed by atoms with Crippen LogP contribution in [0.25, 0.3) is 0 Å². The van der Waals surface area contributed by atoms with Crippen LogP contribution in [0.2, 0.25) is 0 Å². The summed E-state index contributed by atoms with van der Waals surface area (Å²) >= 11 is 0. The van der Waals surface area contributed by atoms with Crippen molar-refractivity contribution >= 4 is 0 Å². The molecule has 1 heterocycles. The highest BCUT2D eigenvalue weighted by Gasteiger charge is 2.17. The van der Waals surface area contributed by atoms with Crippen molar-refractivity contribution in [1.82, 2.24) is 5.32 Å². The van der Waals surface area contributed by atoms with Crippen LogP contribution in [0.4, 0.5) is 0 Å². The largest absolute Gasteiger partial charge is 0.380 e. The van der Waals surface area contributed by atoms with Crippen molar-refractivity contribution in [2.75, 3.05) is 0 Å². The van der Waals surface area contributed by atoms with Crippen LogP contribution in [0.3, 0.4) is 0 Å². The van der Waals surface area contributed by atoms with E-state index in [1.165, 1.54) is 11.1 Å². The van der Waals surface area contributed by atoms with E-state index in [0.29, 0.717) is 12.0 Å². The molecule has 0 aromatic rings. The van der Waals surface area contributed by atoms with Gasteiger partial charge in [-0.25, -0.2) is 0 Å². The first-order valence-corrected chi connectivity index (χ1v) is 5.31. The minimum atomic E-state index is 0.342. The van der Waals surface area contributed by atoms with Crippen LogP contribution < -0.4 is 5.32 Å². The van der Waals surface area contributed by atoms with Crippen molar-refractivity contribution in [1.29, 1.82) is 0 Å². The number of hydrogen-bond donors (Lipinski definition) is 1. The van der Waals surface area contributed by atoms with E-state index in [9.17, 15) is 0 Å². The Morgan fingerprint density at radius 1 is 0.867 bits per heavy atom. The monoisotopic (exact) mass is 195 g/mol. The smallest absolute Gasteiger partial charge is 0.0693 e. The number of rotatable bonds is 0. The predicted molar refractivity (Wildman–Crippen MR) is 63.1 cm³/mol. The van der Waals surface area contributed by atoms with Crippen LogP contribution in [0.1, 0.15) is 0 Å². The quantitative estimate of drug-likeness (QED) is 0.626. The fourth-order valence-corrected chi connectivity index (χ4v) is 2.13. The van der Waals surface area contributed by atoms with Gasteiger partial charge in [-0.1, -0.05) is 54.7 Å². The molecule has 2 aliphatic carbocycles. The van der Waals surface area contributed by atoms with Crippen LogP contribution in [0, 0.1) is 5.92 Å². The van der Waals surface area contributed by atoms with Gasteiger partial charge >= 0.3 is 0 Å². The Morgan fingerprint density at radius 2 is 1.67 bits per heavy atom. The lowest BCUT2D eigenvalue weighted by atomic mass is 9.92. The van der Waals surface area contributed by atoms with Gasteiger partial charge in [0.05, 0.1) is 6.04 Å². The molecule has 1 N–H and O–H groups in total. The molecule has 1 nitrogen and oxygen atoms in total. The number of allylic oxidation sites excluding steroid dienone is 8. The van der Waals surface area contributed by atoms with Gasteiger partial charge in [0.25, 0.3) is 0 Å². The third-order valence-electron chi connectivity index (χ3n) is 2.97. The molecule has 0 saturated heterocycles. The third kappa shape index (κ3) is 1.50. The minimum Gasteiger partial charge on any atom is -0.380 e. The fourth-order valence-electron chi connectivity index (χ4n) is 2.13. The Hall–Kier alpha value is -1.76. The zero-order valence-electron chi connectivity index (χ0n) is 8.43. The Balaban J connectivity index is 2.02. The lowest BCUT2D eigenvalue weighted by Crippen LogP contribution is -2.23. The van der Waals surface area contributed by atoms with E-state index >= 15 is 0 Å². The van der Waals surface area contributed by atoms with Crippen LogP contribution >= 0.6 is 0 Å². The number of hydrogen-bond acceptors (Lipinski definition) is 1. The highest BCUT2D eigenvalue weighted by Crippen LogP contribution is 2.26. The second-order valence-corrected chi connectivity index (χ2v) is 3.97. The lowest BCUT2D eigenvalue weighted by molar-refractivity contribution is 0.808. The molecule has 2 unspecified atom stereocenters. The summed E-state index contributed by atoms with van der Waals surface area (Å²) in [6.07, 6.45) is 21.6. The minimum absolute atomic E-state index is 0.342. The summed E-state index contributed by atoms with van der Waals surface area (Å²) in [4.78, 5) is 0. The van der Waals surface area contributed by atoms with Gasteiger partial charge in [-0.05, 0) is 11.1 Å². The van der Waals surface area contributed by atoms with E-state index < -0.39 is 0 Å². The second-order valence-electron chi connectivity index (χ2n) is 3.97. The first-order chi connectivity index (χ1) is 7.43. The average Bonchev–Trinajstić information content (AvgIpc) is 2.48. The molecule has 0 amide bonds. The first-order valence-electron chi connectivity index (χ1n) is 5.31. The SMILES string of the molecule is C1=CC2=CNC3C=CC=CC3=CC2C=C1. The van der Waals surface area contributed by atoms with Crippen LogP contribution in [-0.2, 0) is 0 Å². The zero-order valence-corrected chi connectivity index (χ0v) is 8.43. The molecule has 2 atom stereocenters. The molecule has 74 valence electrons. The molecule has 0 radical (unpaired) electrons. The van der Waals surface area contributed by atoms with Crippen molar-refractivity contribution in [2.24, 2.45) is 5.92 Å². The van der Waals surface area contributed by atoms with Crippen molar-refractivity contribution in [3.63, 3.8) is 0 Å². The first kappa shape index (κ1) is 8.54. The van der Waals surface area contributed by atoms with Crippen molar-refractivity contribution in [2.45, 2.75) is 6.04 Å². The van der Waals surface area contributed by atoms with E-state index in [1.54, 1.807) is 0 Å². The van der Waals surface area contributed by atoms with E-state index in [4.69, 9.17) is 0 Å². The molecule has 0 fully saturated rings. The summed E-state index contributed by atoms with van der Waals surface area (Å²) < 4.78 is 0. The fraction of sp³-hybridized carbons (Fsp3) is 0.143. The van der Waals surface area contributed by atoms with Crippen LogP contribution in [-0.4, -0.2) is 6.04 Å². The Morgan fingerprint density at radius 3 is 2.60 bits per heavy atom. The summed E-state index contributed by atoms with van der Waals surface area (Å²) in [5.41, 5.74) is 2.69. The molecule has 3 rings (SSSR count). The molecule has 1 aliphatic heterocycles. The van der Waals surface area contributed by atoms with E-state index in [1.807, 2.05) is 0 Å². The number of fused-ring (bicyclic) bond motifs is 2. The highest BCUT2D eigenvalue weighted by molar-refractivity contribution is 5.45. The standard InChI is InChI=1S/C14H13N/c1-2-7-13-10-15-14-8-4-3-6-12(14)9-11(13)5-1/h1-11,14-15H. The van der Waals surface area contributed by atoms with Crippen molar-refractivity contribution in [3.05, 3.63) is 72.0 Å². The summed E-state index contributed by atoms with van der Waals surface area (Å²) in [5.74, 6) is 0.429. The highest BCUT2D eigenvalue weighted by atomic mass is 14.9. The van der Waals surface area contributed by atoms with Gasteiger partial charge in [0.1, 0.15) is 0 Å². The molecule has 0 aromatic carbocycles. The predicted octanol–water partition coefficient (Wildman–Crippen LogP) is 2.64. The van der Waals surface area contributed by atoms with Gasteiger partial charge in [0.15, 0.2) is 0 Å². The van der Waals surface area contributed by atoms with Gasteiger partial charge in [-0.3, -0.25) is 0 Å². The lowest BCUT2D eigenvalue weighted by Gasteiger charge is -2.15. The van der Waals surface area contributed by atoms with Crippen LogP contribution in [0.5, 0.6) is 0 Å². The third-order valence-corrected chi connectivity index (χ3v) is 2.97. The maximum atomic E-state index is 3.43. The molecular weight excluding hydrogens is 182 g/mol. The molecule has 0 aromatic heterocycles. The summed E-state index contributed by atoms with van der Waals surface area (Å²) in [7, 11) is 0. The normalized spacial score (nSPS) is 30.9. The topological polar surface area (TPSA) is 12.0 Å². The van der Waals surface area contributed by atoms with Gasteiger partial charge in [-0.2, -0.15) is 0 Å².